The third-order valence-electron chi connectivity index (χ3n) is 3.40. The van der Waals surface area contributed by atoms with Gasteiger partial charge >= 0.3 is 0 Å². The van der Waals surface area contributed by atoms with E-state index >= 15 is 0 Å². The van der Waals surface area contributed by atoms with Gasteiger partial charge in [-0.3, -0.25) is 4.98 Å². The standard InChI is InChI=1S/C17H17N3/c1-2-12-5-3-8-15-16(9-10-19-17(12)15)20-14-7-4-6-13(18)11-14/h3-11H,2,18H2,1H3,(H,19,20). The maximum absolute atomic E-state index is 5.82. The van der Waals surface area contributed by atoms with Gasteiger partial charge in [-0.15, -0.1) is 0 Å². The van der Waals surface area contributed by atoms with E-state index < -0.39 is 0 Å². The Balaban J connectivity index is 2.08. The van der Waals surface area contributed by atoms with E-state index in [0.29, 0.717) is 0 Å². The number of benzene rings is 2. The largest absolute Gasteiger partial charge is 0.399 e. The highest BCUT2D eigenvalue weighted by Gasteiger charge is 2.05. The minimum atomic E-state index is 0.752. The second kappa shape index (κ2) is 5.21. The van der Waals surface area contributed by atoms with Gasteiger partial charge in [-0.2, -0.15) is 0 Å². The molecule has 0 spiro atoms. The molecule has 0 radical (unpaired) electrons. The number of aromatic nitrogens is 1. The molecule has 3 heteroatoms. The van der Waals surface area contributed by atoms with Crippen molar-refractivity contribution in [3.63, 3.8) is 0 Å². The SMILES string of the molecule is CCc1cccc2c(Nc3cccc(N)c3)ccnc12. The van der Waals surface area contributed by atoms with E-state index in [4.69, 9.17) is 5.73 Å². The zero-order valence-electron chi connectivity index (χ0n) is 11.4. The van der Waals surface area contributed by atoms with Crippen LogP contribution in [0.25, 0.3) is 10.9 Å². The zero-order chi connectivity index (χ0) is 13.9. The summed E-state index contributed by atoms with van der Waals surface area (Å²) in [5, 5.41) is 4.55. The van der Waals surface area contributed by atoms with E-state index in [2.05, 4.69) is 35.4 Å². The molecule has 0 aliphatic rings. The van der Waals surface area contributed by atoms with E-state index in [1.54, 1.807) is 0 Å². The van der Waals surface area contributed by atoms with Crippen molar-refractivity contribution in [1.29, 1.82) is 0 Å². The molecule has 1 heterocycles. The van der Waals surface area contributed by atoms with Crippen molar-refractivity contribution in [2.75, 3.05) is 11.1 Å². The van der Waals surface area contributed by atoms with Crippen molar-refractivity contribution in [3.05, 3.63) is 60.3 Å². The third kappa shape index (κ3) is 2.30. The molecular formula is C17H17N3. The van der Waals surface area contributed by atoms with Crippen LogP contribution >= 0.6 is 0 Å². The fraction of sp³-hybridized carbons (Fsp3) is 0.118. The molecule has 3 aromatic rings. The molecule has 0 saturated heterocycles. The maximum Gasteiger partial charge on any atom is 0.0754 e. The van der Waals surface area contributed by atoms with Crippen LogP contribution in [-0.4, -0.2) is 4.98 Å². The highest BCUT2D eigenvalue weighted by Crippen LogP contribution is 2.27. The Hall–Kier alpha value is -2.55. The number of nitrogens with zero attached hydrogens (tertiary/aromatic N) is 1. The molecule has 2 aromatic carbocycles. The molecule has 3 N–H and O–H groups in total. The number of nitrogens with one attached hydrogen (secondary N) is 1. The number of rotatable bonds is 3. The summed E-state index contributed by atoms with van der Waals surface area (Å²) in [6.45, 7) is 2.15. The molecular weight excluding hydrogens is 246 g/mol. The fourth-order valence-electron chi connectivity index (χ4n) is 2.40. The molecule has 3 nitrogen and oxygen atoms in total. The Kier molecular flexibility index (Phi) is 3.25. The quantitative estimate of drug-likeness (QED) is 0.699. The average molecular weight is 263 g/mol. The summed E-state index contributed by atoms with van der Waals surface area (Å²) in [6, 6.07) is 16.0. The van der Waals surface area contributed by atoms with E-state index in [1.807, 2.05) is 36.5 Å². The highest BCUT2D eigenvalue weighted by molar-refractivity contribution is 5.94. The minimum absolute atomic E-state index is 0.752. The van der Waals surface area contributed by atoms with Gasteiger partial charge in [-0.1, -0.05) is 31.2 Å². The van der Waals surface area contributed by atoms with Crippen molar-refractivity contribution in [1.82, 2.24) is 4.98 Å². The summed E-state index contributed by atoms with van der Waals surface area (Å²) in [7, 11) is 0. The van der Waals surface area contributed by atoms with Gasteiger partial charge in [-0.25, -0.2) is 0 Å². The van der Waals surface area contributed by atoms with Crippen LogP contribution in [0, 0.1) is 0 Å². The van der Waals surface area contributed by atoms with Gasteiger partial charge < -0.3 is 11.1 Å². The van der Waals surface area contributed by atoms with Crippen LogP contribution in [0.3, 0.4) is 0 Å². The van der Waals surface area contributed by atoms with Crippen LogP contribution < -0.4 is 11.1 Å². The van der Waals surface area contributed by atoms with Crippen LogP contribution in [0.5, 0.6) is 0 Å². The van der Waals surface area contributed by atoms with E-state index in [1.165, 1.54) is 5.56 Å². The predicted octanol–water partition coefficient (Wildman–Crippen LogP) is 4.12. The van der Waals surface area contributed by atoms with Crippen molar-refractivity contribution < 1.29 is 0 Å². The van der Waals surface area contributed by atoms with Crippen LogP contribution in [0.2, 0.25) is 0 Å². The number of hydrogen-bond donors (Lipinski definition) is 2. The lowest BCUT2D eigenvalue weighted by Gasteiger charge is -2.11. The first-order valence-electron chi connectivity index (χ1n) is 6.77. The second-order valence-electron chi connectivity index (χ2n) is 4.78. The second-order valence-corrected chi connectivity index (χ2v) is 4.78. The average Bonchev–Trinajstić information content (AvgIpc) is 2.47. The van der Waals surface area contributed by atoms with E-state index in [9.17, 15) is 0 Å². The van der Waals surface area contributed by atoms with Gasteiger partial charge in [0.25, 0.3) is 0 Å². The number of pyridine rings is 1. The fourth-order valence-corrected chi connectivity index (χ4v) is 2.40. The van der Waals surface area contributed by atoms with E-state index in [-0.39, 0.29) is 0 Å². The molecule has 100 valence electrons. The topological polar surface area (TPSA) is 50.9 Å². The smallest absolute Gasteiger partial charge is 0.0754 e. The summed E-state index contributed by atoms with van der Waals surface area (Å²) < 4.78 is 0. The Morgan fingerprint density at radius 3 is 2.75 bits per heavy atom. The number of fused-ring (bicyclic) bond motifs is 1. The molecule has 0 atom stereocenters. The summed E-state index contributed by atoms with van der Waals surface area (Å²) in [4.78, 5) is 4.51. The van der Waals surface area contributed by atoms with Crippen LogP contribution in [0.4, 0.5) is 17.1 Å². The number of nitrogens with two attached hydrogens (primary N) is 1. The van der Waals surface area contributed by atoms with Gasteiger partial charge in [0.2, 0.25) is 0 Å². The summed E-state index contributed by atoms with van der Waals surface area (Å²) in [5.74, 6) is 0. The van der Waals surface area contributed by atoms with Gasteiger partial charge in [0, 0.05) is 28.6 Å². The monoisotopic (exact) mass is 263 g/mol. The van der Waals surface area contributed by atoms with Gasteiger partial charge in [0.15, 0.2) is 0 Å². The first-order valence-corrected chi connectivity index (χ1v) is 6.77. The Labute approximate surface area is 118 Å². The molecule has 0 aliphatic heterocycles. The minimum Gasteiger partial charge on any atom is -0.399 e. The highest BCUT2D eigenvalue weighted by atomic mass is 14.9. The molecule has 0 aliphatic carbocycles. The molecule has 3 rings (SSSR count). The molecule has 1 aromatic heterocycles. The van der Waals surface area contributed by atoms with Crippen molar-refractivity contribution in [3.8, 4) is 0 Å². The number of para-hydroxylation sites is 1. The predicted molar refractivity (Wildman–Crippen MR) is 85.3 cm³/mol. The molecule has 0 unspecified atom stereocenters. The third-order valence-corrected chi connectivity index (χ3v) is 3.40. The molecule has 0 fully saturated rings. The van der Waals surface area contributed by atoms with Gasteiger partial charge in [0.05, 0.1) is 5.52 Å². The van der Waals surface area contributed by atoms with Gasteiger partial charge in [0.1, 0.15) is 0 Å². The summed E-state index contributed by atoms with van der Waals surface area (Å²) >= 11 is 0. The van der Waals surface area contributed by atoms with Crippen LogP contribution in [-0.2, 0) is 6.42 Å². The van der Waals surface area contributed by atoms with Gasteiger partial charge in [-0.05, 0) is 36.2 Å². The van der Waals surface area contributed by atoms with E-state index in [0.717, 1.165) is 34.4 Å². The number of hydrogen-bond acceptors (Lipinski definition) is 3. The molecule has 0 saturated carbocycles. The molecule has 0 amide bonds. The van der Waals surface area contributed by atoms with Crippen molar-refractivity contribution in [2.45, 2.75) is 13.3 Å². The summed E-state index contributed by atoms with van der Waals surface area (Å²) in [6.07, 6.45) is 2.82. The van der Waals surface area contributed by atoms with Crippen molar-refractivity contribution >= 4 is 28.0 Å². The molecule has 20 heavy (non-hydrogen) atoms. The maximum atomic E-state index is 5.82. The number of nitrogen functional groups attached to an aromatic ring is 1. The van der Waals surface area contributed by atoms with Crippen LogP contribution in [0.15, 0.2) is 54.7 Å². The van der Waals surface area contributed by atoms with Crippen molar-refractivity contribution in [2.24, 2.45) is 0 Å². The first kappa shape index (κ1) is 12.5. The lowest BCUT2D eigenvalue weighted by Crippen LogP contribution is -1.95. The summed E-state index contributed by atoms with van der Waals surface area (Å²) in [5.41, 5.74) is 10.9. The Bertz CT molecular complexity index is 750. The van der Waals surface area contributed by atoms with Crippen LogP contribution in [0.1, 0.15) is 12.5 Å². The lowest BCUT2D eigenvalue weighted by molar-refractivity contribution is 1.14. The number of anilines is 3. The zero-order valence-corrected chi connectivity index (χ0v) is 11.4. The normalized spacial score (nSPS) is 10.7. The lowest BCUT2D eigenvalue weighted by atomic mass is 10.1. The molecule has 0 bridgehead atoms. The Morgan fingerprint density at radius 2 is 1.95 bits per heavy atom. The number of aryl methyl sites for hydroxylation is 1. The Morgan fingerprint density at radius 1 is 1.10 bits per heavy atom. The first-order chi connectivity index (χ1) is 9.78.